The minimum absolute atomic E-state index is 0.0723. The first-order valence-electron chi connectivity index (χ1n) is 9.98. The number of benzene rings is 1. The molecule has 0 aliphatic carbocycles. The Morgan fingerprint density at radius 2 is 1.91 bits per heavy atom. The maximum Gasteiger partial charge on any atom is 0.534 e. The van der Waals surface area contributed by atoms with E-state index in [4.69, 9.17) is 4.74 Å². The average molecular weight is 484 g/mol. The summed E-state index contributed by atoms with van der Waals surface area (Å²) in [6, 6.07) is 11.2. The maximum absolute atomic E-state index is 12.7. The van der Waals surface area contributed by atoms with Crippen LogP contribution in [0, 0.1) is 0 Å². The van der Waals surface area contributed by atoms with Crippen molar-refractivity contribution in [2.24, 2.45) is 0 Å². The Morgan fingerprint density at radius 3 is 2.64 bits per heavy atom. The molecule has 13 heteroatoms. The van der Waals surface area contributed by atoms with E-state index in [9.17, 15) is 26.4 Å². The van der Waals surface area contributed by atoms with Crippen LogP contribution in [0.1, 0.15) is 36.6 Å². The van der Waals surface area contributed by atoms with Gasteiger partial charge in [-0.1, -0.05) is 30.3 Å². The maximum atomic E-state index is 12.7. The van der Waals surface area contributed by atoms with E-state index in [-0.39, 0.29) is 12.3 Å². The quantitative estimate of drug-likeness (QED) is 0.401. The number of likely N-dealkylation sites (tertiary alicyclic amines) is 1. The molecule has 1 amide bonds. The number of hydrogen-bond donors (Lipinski definition) is 0. The first-order chi connectivity index (χ1) is 15.6. The molecule has 3 aromatic rings. The third-order valence-electron chi connectivity index (χ3n) is 5.08. The predicted molar refractivity (Wildman–Crippen MR) is 109 cm³/mol. The van der Waals surface area contributed by atoms with Crippen molar-refractivity contribution in [2.75, 3.05) is 6.54 Å². The number of aromatic nitrogens is 3. The van der Waals surface area contributed by atoms with Crippen LogP contribution in [0.4, 0.5) is 18.0 Å². The van der Waals surface area contributed by atoms with Crippen molar-refractivity contribution in [2.45, 2.75) is 37.4 Å². The molecule has 1 unspecified atom stereocenters. The molecule has 0 spiro atoms. The number of halogens is 3. The SMILES string of the molecule is O=C(OCc1ccccc1)N1CCCCC1c1cc2nc(OS(=O)(=O)C(F)(F)F)ccn2n1. The molecule has 4 rings (SSSR count). The highest BCUT2D eigenvalue weighted by Crippen LogP contribution is 2.32. The molecule has 3 heterocycles. The number of hydrogen-bond acceptors (Lipinski definition) is 7. The fraction of sp³-hybridized carbons (Fsp3) is 0.350. The van der Waals surface area contributed by atoms with Gasteiger partial charge < -0.3 is 8.92 Å². The largest absolute Gasteiger partial charge is 0.534 e. The molecule has 1 aliphatic heterocycles. The Balaban J connectivity index is 1.53. The van der Waals surface area contributed by atoms with Gasteiger partial charge in [0.2, 0.25) is 5.88 Å². The van der Waals surface area contributed by atoms with Crippen LogP contribution in [0.2, 0.25) is 0 Å². The van der Waals surface area contributed by atoms with Crippen molar-refractivity contribution >= 4 is 21.9 Å². The molecule has 0 saturated carbocycles. The van der Waals surface area contributed by atoms with Crippen LogP contribution in [0.15, 0.2) is 48.7 Å². The lowest BCUT2D eigenvalue weighted by molar-refractivity contribution is -0.0501. The van der Waals surface area contributed by atoms with E-state index in [2.05, 4.69) is 14.3 Å². The third kappa shape index (κ3) is 5.02. The molecule has 0 bridgehead atoms. The number of carbonyl (C=O) groups excluding carboxylic acids is 1. The van der Waals surface area contributed by atoms with Crippen molar-refractivity contribution in [1.29, 1.82) is 0 Å². The van der Waals surface area contributed by atoms with Gasteiger partial charge in [-0.15, -0.1) is 0 Å². The highest BCUT2D eigenvalue weighted by atomic mass is 32.2. The van der Waals surface area contributed by atoms with Crippen LogP contribution in [-0.2, 0) is 21.5 Å². The lowest BCUT2D eigenvalue weighted by atomic mass is 10.00. The van der Waals surface area contributed by atoms with E-state index < -0.39 is 33.6 Å². The topological polar surface area (TPSA) is 103 Å². The van der Waals surface area contributed by atoms with E-state index in [0.717, 1.165) is 24.5 Å². The van der Waals surface area contributed by atoms with E-state index >= 15 is 0 Å². The second kappa shape index (κ2) is 8.89. The molecule has 1 atom stereocenters. The van der Waals surface area contributed by atoms with E-state index in [1.165, 1.54) is 16.8 Å². The molecular formula is C20H19F3N4O5S. The van der Waals surface area contributed by atoms with Gasteiger partial charge in [-0.25, -0.2) is 9.31 Å². The Labute approximate surface area is 186 Å². The minimum atomic E-state index is -5.84. The van der Waals surface area contributed by atoms with Crippen molar-refractivity contribution < 1.29 is 35.3 Å². The summed E-state index contributed by atoms with van der Waals surface area (Å²) in [5.41, 5.74) is -4.20. The van der Waals surface area contributed by atoms with Gasteiger partial charge in [0.15, 0.2) is 5.65 Å². The van der Waals surface area contributed by atoms with Gasteiger partial charge >= 0.3 is 21.7 Å². The van der Waals surface area contributed by atoms with Gasteiger partial charge in [0.25, 0.3) is 0 Å². The zero-order valence-corrected chi connectivity index (χ0v) is 17.9. The third-order valence-corrected chi connectivity index (χ3v) is 6.04. The molecule has 0 N–H and O–H groups in total. The summed E-state index contributed by atoms with van der Waals surface area (Å²) in [5, 5.41) is 4.35. The monoisotopic (exact) mass is 484 g/mol. The summed E-state index contributed by atoms with van der Waals surface area (Å²) < 4.78 is 70.9. The molecule has 1 saturated heterocycles. The lowest BCUT2D eigenvalue weighted by Gasteiger charge is -2.33. The van der Waals surface area contributed by atoms with Crippen molar-refractivity contribution in [3.8, 4) is 5.88 Å². The fourth-order valence-corrected chi connectivity index (χ4v) is 3.92. The van der Waals surface area contributed by atoms with Crippen LogP contribution in [-0.4, -0.2) is 46.1 Å². The van der Waals surface area contributed by atoms with E-state index in [0.29, 0.717) is 18.7 Å². The Kier molecular flexibility index (Phi) is 6.15. The van der Waals surface area contributed by atoms with E-state index in [1.807, 2.05) is 30.3 Å². The molecule has 1 aromatic carbocycles. The highest BCUT2D eigenvalue weighted by Gasteiger charge is 2.49. The van der Waals surface area contributed by atoms with Gasteiger partial charge in [-0.05, 0) is 24.8 Å². The van der Waals surface area contributed by atoms with Crippen LogP contribution in [0.5, 0.6) is 5.88 Å². The fourth-order valence-electron chi connectivity index (χ4n) is 3.51. The second-order valence-corrected chi connectivity index (χ2v) is 8.90. The van der Waals surface area contributed by atoms with Gasteiger partial charge in [0.05, 0.1) is 11.7 Å². The van der Waals surface area contributed by atoms with E-state index in [1.54, 1.807) is 4.90 Å². The number of piperidine rings is 1. The summed E-state index contributed by atoms with van der Waals surface area (Å²) in [6.45, 7) is 0.571. The molecule has 2 aromatic heterocycles. The Bertz CT molecular complexity index is 1250. The molecular weight excluding hydrogens is 465 g/mol. The zero-order chi connectivity index (χ0) is 23.6. The molecule has 33 heavy (non-hydrogen) atoms. The Hall–Kier alpha value is -3.35. The average Bonchev–Trinajstić information content (AvgIpc) is 3.20. The van der Waals surface area contributed by atoms with Gasteiger partial charge in [-0.2, -0.15) is 31.7 Å². The highest BCUT2D eigenvalue weighted by molar-refractivity contribution is 7.87. The van der Waals surface area contributed by atoms with Crippen molar-refractivity contribution in [3.05, 3.63) is 59.9 Å². The molecule has 0 radical (unpaired) electrons. The van der Waals surface area contributed by atoms with Gasteiger partial charge in [0, 0.05) is 24.9 Å². The summed E-state index contributed by atoms with van der Waals surface area (Å²) >= 11 is 0. The first kappa shape index (κ1) is 22.8. The standard InChI is InChI=1S/C20H19F3N4O5S/c21-20(22,23)33(29,30)32-18-9-11-27-17(24-18)12-15(25-27)16-8-4-5-10-26(16)19(28)31-13-14-6-2-1-3-7-14/h1-3,6-7,9,11-12,16H,4-5,8,10,13H2. The number of rotatable bonds is 5. The van der Waals surface area contributed by atoms with Gasteiger partial charge in [0.1, 0.15) is 6.61 Å². The first-order valence-corrected chi connectivity index (χ1v) is 11.4. The Morgan fingerprint density at radius 1 is 1.15 bits per heavy atom. The number of ether oxygens (including phenoxy) is 1. The van der Waals surface area contributed by atoms with Crippen LogP contribution >= 0.6 is 0 Å². The predicted octanol–water partition coefficient (Wildman–Crippen LogP) is 3.82. The van der Waals surface area contributed by atoms with Crippen molar-refractivity contribution in [3.63, 3.8) is 0 Å². The number of nitrogens with zero attached hydrogens (tertiary/aromatic N) is 4. The van der Waals surface area contributed by atoms with Crippen LogP contribution in [0.25, 0.3) is 5.65 Å². The normalized spacial score (nSPS) is 17.2. The second-order valence-electron chi connectivity index (χ2n) is 7.37. The number of amides is 1. The summed E-state index contributed by atoms with van der Waals surface area (Å²) in [7, 11) is -5.84. The summed E-state index contributed by atoms with van der Waals surface area (Å²) in [5.74, 6) is -0.742. The number of alkyl halides is 3. The minimum Gasteiger partial charge on any atom is -0.445 e. The lowest BCUT2D eigenvalue weighted by Crippen LogP contribution is -2.39. The molecule has 1 fully saturated rings. The zero-order valence-electron chi connectivity index (χ0n) is 17.1. The molecule has 1 aliphatic rings. The van der Waals surface area contributed by atoms with Crippen LogP contribution < -0.4 is 4.18 Å². The molecule has 9 nitrogen and oxygen atoms in total. The molecule has 176 valence electrons. The smallest absolute Gasteiger partial charge is 0.445 e. The number of fused-ring (bicyclic) bond motifs is 1. The van der Waals surface area contributed by atoms with Crippen molar-refractivity contribution in [1.82, 2.24) is 19.5 Å². The summed E-state index contributed by atoms with van der Waals surface area (Å²) in [4.78, 5) is 18.1. The van der Waals surface area contributed by atoms with Gasteiger partial charge in [-0.3, -0.25) is 4.90 Å². The number of carbonyl (C=O) groups is 1. The van der Waals surface area contributed by atoms with Crippen LogP contribution in [0.3, 0.4) is 0 Å². The summed E-state index contributed by atoms with van der Waals surface area (Å²) in [6.07, 6.45) is 2.96.